The first-order chi connectivity index (χ1) is 7.02. The molecular formula is C12H14O3. The van der Waals surface area contributed by atoms with Gasteiger partial charge in [0.15, 0.2) is 0 Å². The standard InChI is InChI=1S/C12H14O3/c1-6-3-4-8-5-9(13)7(2)11(8)10(6)12(14)15/h7H,3-5H2,1-2H3,(H,14,15). The lowest BCUT2D eigenvalue weighted by molar-refractivity contribution is -0.132. The molecule has 2 aliphatic rings. The largest absolute Gasteiger partial charge is 0.478 e. The van der Waals surface area contributed by atoms with Gasteiger partial charge in [0, 0.05) is 12.3 Å². The first-order valence-electron chi connectivity index (χ1n) is 5.20. The lowest BCUT2D eigenvalue weighted by Gasteiger charge is -2.19. The number of allylic oxidation sites excluding steroid dienone is 2. The lowest BCUT2D eigenvalue weighted by Crippen LogP contribution is -2.15. The van der Waals surface area contributed by atoms with Crippen molar-refractivity contribution in [3.05, 3.63) is 22.3 Å². The van der Waals surface area contributed by atoms with E-state index in [1.807, 2.05) is 13.8 Å². The fourth-order valence-corrected chi connectivity index (χ4v) is 2.53. The first-order valence-corrected chi connectivity index (χ1v) is 5.20. The summed E-state index contributed by atoms with van der Waals surface area (Å²) >= 11 is 0. The smallest absolute Gasteiger partial charge is 0.335 e. The normalized spacial score (nSPS) is 26.0. The molecule has 0 aliphatic heterocycles. The summed E-state index contributed by atoms with van der Waals surface area (Å²) in [7, 11) is 0. The van der Waals surface area contributed by atoms with Gasteiger partial charge in [-0.15, -0.1) is 0 Å². The Morgan fingerprint density at radius 3 is 2.67 bits per heavy atom. The van der Waals surface area contributed by atoms with Crippen molar-refractivity contribution in [1.29, 1.82) is 0 Å². The van der Waals surface area contributed by atoms with Crippen molar-refractivity contribution in [2.75, 3.05) is 0 Å². The second-order valence-corrected chi connectivity index (χ2v) is 4.34. The second-order valence-electron chi connectivity index (χ2n) is 4.34. The monoisotopic (exact) mass is 206 g/mol. The van der Waals surface area contributed by atoms with Gasteiger partial charge in [-0.05, 0) is 25.3 Å². The van der Waals surface area contributed by atoms with Gasteiger partial charge < -0.3 is 5.11 Å². The van der Waals surface area contributed by atoms with E-state index in [9.17, 15) is 9.59 Å². The molecule has 0 aromatic rings. The number of ketones is 1. The summed E-state index contributed by atoms with van der Waals surface area (Å²) in [5.41, 5.74) is 3.16. The molecule has 0 radical (unpaired) electrons. The molecule has 2 aliphatic carbocycles. The molecule has 0 bridgehead atoms. The summed E-state index contributed by atoms with van der Waals surface area (Å²) in [5, 5.41) is 9.16. The Kier molecular flexibility index (Phi) is 2.25. The van der Waals surface area contributed by atoms with Crippen LogP contribution in [-0.2, 0) is 9.59 Å². The summed E-state index contributed by atoms with van der Waals surface area (Å²) in [6, 6.07) is 0. The molecule has 1 atom stereocenters. The highest BCUT2D eigenvalue weighted by molar-refractivity contribution is 6.00. The molecule has 3 heteroatoms. The van der Waals surface area contributed by atoms with Crippen molar-refractivity contribution in [3.8, 4) is 0 Å². The maximum Gasteiger partial charge on any atom is 0.335 e. The van der Waals surface area contributed by atoms with E-state index in [4.69, 9.17) is 5.11 Å². The number of hydrogen-bond donors (Lipinski definition) is 1. The number of carboxylic acids is 1. The molecule has 0 saturated heterocycles. The Hall–Kier alpha value is -1.38. The maximum absolute atomic E-state index is 11.6. The molecule has 80 valence electrons. The van der Waals surface area contributed by atoms with Crippen LogP contribution in [0.15, 0.2) is 22.3 Å². The van der Waals surface area contributed by atoms with Crippen LogP contribution < -0.4 is 0 Å². The van der Waals surface area contributed by atoms with Crippen molar-refractivity contribution >= 4 is 11.8 Å². The molecule has 1 unspecified atom stereocenters. The lowest BCUT2D eigenvalue weighted by atomic mass is 9.84. The predicted molar refractivity (Wildman–Crippen MR) is 55.4 cm³/mol. The minimum Gasteiger partial charge on any atom is -0.478 e. The number of hydrogen-bond acceptors (Lipinski definition) is 2. The molecule has 0 saturated carbocycles. The average molecular weight is 206 g/mol. The Morgan fingerprint density at radius 1 is 1.40 bits per heavy atom. The molecule has 0 fully saturated rings. The predicted octanol–water partition coefficient (Wildman–Crippen LogP) is 2.09. The fraction of sp³-hybridized carbons (Fsp3) is 0.500. The number of Topliss-reactive ketones (excluding diaryl/α,β-unsaturated/α-hetero) is 1. The van der Waals surface area contributed by atoms with Gasteiger partial charge in [-0.3, -0.25) is 4.79 Å². The van der Waals surface area contributed by atoms with E-state index in [0.29, 0.717) is 12.0 Å². The minimum absolute atomic E-state index is 0.161. The van der Waals surface area contributed by atoms with Gasteiger partial charge in [-0.1, -0.05) is 18.1 Å². The third-order valence-electron chi connectivity index (χ3n) is 3.40. The van der Waals surface area contributed by atoms with Gasteiger partial charge in [0.05, 0.1) is 5.57 Å². The van der Waals surface area contributed by atoms with Crippen LogP contribution in [0.1, 0.15) is 33.1 Å². The van der Waals surface area contributed by atoms with Crippen LogP contribution in [0.2, 0.25) is 0 Å². The third kappa shape index (κ3) is 1.42. The van der Waals surface area contributed by atoms with Crippen molar-refractivity contribution in [2.45, 2.75) is 33.1 Å². The highest BCUT2D eigenvalue weighted by Crippen LogP contribution is 2.41. The summed E-state index contributed by atoms with van der Waals surface area (Å²) < 4.78 is 0. The van der Waals surface area contributed by atoms with E-state index in [0.717, 1.165) is 29.6 Å². The van der Waals surface area contributed by atoms with Crippen LogP contribution in [0.3, 0.4) is 0 Å². The number of aliphatic carboxylic acids is 1. The third-order valence-corrected chi connectivity index (χ3v) is 3.40. The molecule has 0 aromatic carbocycles. The minimum atomic E-state index is -0.888. The number of carboxylic acid groups (broad SMARTS) is 1. The van der Waals surface area contributed by atoms with Gasteiger partial charge in [-0.25, -0.2) is 4.79 Å². The highest BCUT2D eigenvalue weighted by atomic mass is 16.4. The highest BCUT2D eigenvalue weighted by Gasteiger charge is 2.36. The Morgan fingerprint density at radius 2 is 2.07 bits per heavy atom. The molecule has 1 N–H and O–H groups in total. The molecule has 3 nitrogen and oxygen atoms in total. The van der Waals surface area contributed by atoms with Crippen LogP contribution in [0.5, 0.6) is 0 Å². The van der Waals surface area contributed by atoms with Gasteiger partial charge in [0.2, 0.25) is 0 Å². The van der Waals surface area contributed by atoms with Gasteiger partial charge in [0.25, 0.3) is 0 Å². The van der Waals surface area contributed by atoms with E-state index in [-0.39, 0.29) is 11.7 Å². The van der Waals surface area contributed by atoms with Crippen molar-refractivity contribution < 1.29 is 14.7 Å². The molecule has 2 rings (SSSR count). The average Bonchev–Trinajstić information content (AvgIpc) is 2.44. The first kappa shape index (κ1) is 10.1. The van der Waals surface area contributed by atoms with Gasteiger partial charge in [-0.2, -0.15) is 0 Å². The van der Waals surface area contributed by atoms with Crippen molar-refractivity contribution in [3.63, 3.8) is 0 Å². The SMILES string of the molecule is CC1=C(C(=O)O)C2=C(CC1)CC(=O)C2C. The summed E-state index contributed by atoms with van der Waals surface area (Å²) in [5.74, 6) is -0.948. The maximum atomic E-state index is 11.6. The van der Waals surface area contributed by atoms with E-state index in [1.165, 1.54) is 0 Å². The molecule has 0 spiro atoms. The Bertz CT molecular complexity index is 413. The zero-order valence-electron chi connectivity index (χ0n) is 8.96. The van der Waals surface area contributed by atoms with Crippen LogP contribution in [0, 0.1) is 5.92 Å². The molecular weight excluding hydrogens is 192 g/mol. The van der Waals surface area contributed by atoms with Gasteiger partial charge in [0.1, 0.15) is 5.78 Å². The Balaban J connectivity index is 2.52. The van der Waals surface area contributed by atoms with Crippen molar-refractivity contribution in [2.24, 2.45) is 5.92 Å². The number of carbonyl (C=O) groups excluding carboxylic acids is 1. The Labute approximate surface area is 88.5 Å². The summed E-state index contributed by atoms with van der Waals surface area (Å²) in [4.78, 5) is 22.7. The summed E-state index contributed by atoms with van der Waals surface area (Å²) in [6.07, 6.45) is 2.09. The molecule has 15 heavy (non-hydrogen) atoms. The topological polar surface area (TPSA) is 54.4 Å². The van der Waals surface area contributed by atoms with E-state index >= 15 is 0 Å². The van der Waals surface area contributed by atoms with Gasteiger partial charge >= 0.3 is 5.97 Å². The van der Waals surface area contributed by atoms with E-state index in [1.54, 1.807) is 0 Å². The van der Waals surface area contributed by atoms with Crippen LogP contribution in [-0.4, -0.2) is 16.9 Å². The number of rotatable bonds is 1. The molecule has 0 amide bonds. The fourth-order valence-electron chi connectivity index (χ4n) is 2.53. The summed E-state index contributed by atoms with van der Waals surface area (Å²) in [6.45, 7) is 3.66. The van der Waals surface area contributed by atoms with E-state index in [2.05, 4.69) is 0 Å². The second kappa shape index (κ2) is 3.33. The van der Waals surface area contributed by atoms with Crippen LogP contribution in [0.4, 0.5) is 0 Å². The van der Waals surface area contributed by atoms with Crippen LogP contribution in [0.25, 0.3) is 0 Å². The quantitative estimate of drug-likeness (QED) is 0.714. The zero-order valence-corrected chi connectivity index (χ0v) is 8.96. The molecule has 0 heterocycles. The van der Waals surface area contributed by atoms with Crippen molar-refractivity contribution in [1.82, 2.24) is 0 Å². The molecule has 0 aromatic heterocycles. The zero-order chi connectivity index (χ0) is 11.2. The van der Waals surface area contributed by atoms with E-state index < -0.39 is 5.97 Å². The number of carbonyl (C=O) groups is 2. The van der Waals surface area contributed by atoms with Crippen LogP contribution >= 0.6 is 0 Å².